The fraction of sp³-hybridized carbons (Fsp3) is 0.500. The minimum Gasteiger partial charge on any atom is -0.398 e. The van der Waals surface area contributed by atoms with Crippen molar-refractivity contribution in [3.05, 3.63) is 29.3 Å². The van der Waals surface area contributed by atoms with Crippen LogP contribution in [0.2, 0.25) is 0 Å². The van der Waals surface area contributed by atoms with E-state index in [1.165, 1.54) is 6.07 Å². The third kappa shape index (κ3) is 2.54. The number of nitrogens with two attached hydrogens (primary N) is 1. The smallest absolute Gasteiger partial charge is 0.398 e. The van der Waals surface area contributed by atoms with E-state index >= 15 is 0 Å². The number of para-hydroxylation sites is 1. The summed E-state index contributed by atoms with van der Waals surface area (Å²) in [6.07, 6.45) is -2.51. The average Bonchev–Trinajstić information content (AvgIpc) is 2.29. The van der Waals surface area contributed by atoms with E-state index in [0.717, 1.165) is 25.5 Å². The van der Waals surface area contributed by atoms with Gasteiger partial charge in [0.05, 0.1) is 5.56 Å². The topological polar surface area (TPSA) is 38.0 Å². The van der Waals surface area contributed by atoms with Crippen LogP contribution in [0.15, 0.2) is 18.2 Å². The molecule has 0 aromatic heterocycles. The van der Waals surface area contributed by atoms with E-state index in [4.69, 9.17) is 5.73 Å². The number of anilines is 1. The van der Waals surface area contributed by atoms with Crippen molar-refractivity contribution < 1.29 is 13.2 Å². The van der Waals surface area contributed by atoms with Crippen LogP contribution in [0, 0.1) is 0 Å². The predicted molar refractivity (Wildman–Crippen MR) is 60.7 cm³/mol. The third-order valence-electron chi connectivity index (χ3n) is 3.18. The van der Waals surface area contributed by atoms with Crippen molar-refractivity contribution in [1.29, 1.82) is 0 Å². The van der Waals surface area contributed by atoms with Gasteiger partial charge in [0, 0.05) is 12.2 Å². The molecule has 1 saturated heterocycles. The van der Waals surface area contributed by atoms with Crippen LogP contribution >= 0.6 is 0 Å². The first-order valence-corrected chi connectivity index (χ1v) is 5.66. The Morgan fingerprint density at radius 3 is 2.65 bits per heavy atom. The number of hydrogen-bond donors (Lipinski definition) is 2. The molecule has 1 atom stereocenters. The molecule has 2 nitrogen and oxygen atoms in total. The normalized spacial score (nSPS) is 21.5. The van der Waals surface area contributed by atoms with Gasteiger partial charge >= 0.3 is 6.18 Å². The lowest BCUT2D eigenvalue weighted by Gasteiger charge is -2.25. The van der Waals surface area contributed by atoms with Crippen molar-refractivity contribution in [3.8, 4) is 0 Å². The molecule has 1 aromatic carbocycles. The Hall–Kier alpha value is -1.23. The van der Waals surface area contributed by atoms with E-state index < -0.39 is 11.7 Å². The summed E-state index contributed by atoms with van der Waals surface area (Å²) in [6, 6.07) is 4.17. The number of halogens is 3. The van der Waals surface area contributed by atoms with Crippen molar-refractivity contribution in [1.82, 2.24) is 5.32 Å². The number of benzene rings is 1. The highest BCUT2D eigenvalue weighted by Crippen LogP contribution is 2.38. The van der Waals surface area contributed by atoms with Gasteiger partial charge in [-0.15, -0.1) is 0 Å². The average molecular weight is 244 g/mol. The Labute approximate surface area is 98.0 Å². The Balaban J connectivity index is 2.35. The van der Waals surface area contributed by atoms with E-state index in [9.17, 15) is 13.2 Å². The van der Waals surface area contributed by atoms with Gasteiger partial charge in [-0.3, -0.25) is 0 Å². The number of nitrogen functional groups attached to an aromatic ring is 1. The Kier molecular flexibility index (Phi) is 3.28. The van der Waals surface area contributed by atoms with Gasteiger partial charge in [0.15, 0.2) is 0 Å². The highest BCUT2D eigenvalue weighted by atomic mass is 19.4. The molecule has 1 fully saturated rings. The molecule has 1 heterocycles. The maximum absolute atomic E-state index is 12.7. The number of piperidine rings is 1. The second kappa shape index (κ2) is 4.56. The lowest BCUT2D eigenvalue weighted by molar-refractivity contribution is -0.136. The zero-order valence-electron chi connectivity index (χ0n) is 9.35. The van der Waals surface area contributed by atoms with Gasteiger partial charge < -0.3 is 11.1 Å². The number of nitrogens with one attached hydrogen (secondary N) is 1. The van der Waals surface area contributed by atoms with Crippen LogP contribution in [0.3, 0.4) is 0 Å². The predicted octanol–water partition coefficient (Wildman–Crippen LogP) is 2.75. The van der Waals surface area contributed by atoms with Gasteiger partial charge in [0.2, 0.25) is 0 Å². The molecule has 1 aliphatic heterocycles. The molecule has 0 radical (unpaired) electrons. The summed E-state index contributed by atoms with van der Waals surface area (Å²) in [5, 5.41) is 3.18. The van der Waals surface area contributed by atoms with Gasteiger partial charge in [-0.1, -0.05) is 12.1 Å². The minimum absolute atomic E-state index is 0.0889. The molecule has 0 amide bonds. The van der Waals surface area contributed by atoms with Gasteiger partial charge in [-0.2, -0.15) is 13.2 Å². The molecule has 5 heteroatoms. The molecular weight excluding hydrogens is 229 g/mol. The fourth-order valence-corrected chi connectivity index (χ4v) is 2.30. The Bertz CT molecular complexity index is 395. The molecule has 1 aliphatic rings. The Morgan fingerprint density at radius 2 is 2.06 bits per heavy atom. The quantitative estimate of drug-likeness (QED) is 0.745. The Morgan fingerprint density at radius 1 is 1.29 bits per heavy atom. The SMILES string of the molecule is Nc1c(C2CCCNC2)cccc1C(F)(F)F. The van der Waals surface area contributed by atoms with E-state index in [-0.39, 0.29) is 11.6 Å². The summed E-state index contributed by atoms with van der Waals surface area (Å²) in [4.78, 5) is 0. The van der Waals surface area contributed by atoms with Gasteiger partial charge in [0.25, 0.3) is 0 Å². The number of hydrogen-bond acceptors (Lipinski definition) is 2. The summed E-state index contributed by atoms with van der Waals surface area (Å²) >= 11 is 0. The van der Waals surface area contributed by atoms with E-state index in [1.807, 2.05) is 0 Å². The first kappa shape index (κ1) is 12.2. The zero-order chi connectivity index (χ0) is 12.5. The van der Waals surface area contributed by atoms with Crippen LogP contribution in [0.4, 0.5) is 18.9 Å². The van der Waals surface area contributed by atoms with Crippen molar-refractivity contribution in [2.75, 3.05) is 18.8 Å². The van der Waals surface area contributed by atoms with E-state index in [0.29, 0.717) is 12.1 Å². The maximum atomic E-state index is 12.7. The summed E-state index contributed by atoms with van der Waals surface area (Å²) in [7, 11) is 0. The van der Waals surface area contributed by atoms with E-state index in [1.54, 1.807) is 6.07 Å². The molecule has 1 unspecified atom stereocenters. The second-order valence-electron chi connectivity index (χ2n) is 4.35. The number of alkyl halides is 3. The van der Waals surface area contributed by atoms with Crippen molar-refractivity contribution in [2.24, 2.45) is 0 Å². The van der Waals surface area contributed by atoms with Crippen LogP contribution < -0.4 is 11.1 Å². The molecule has 0 saturated carbocycles. The highest BCUT2D eigenvalue weighted by Gasteiger charge is 2.34. The van der Waals surface area contributed by atoms with Gasteiger partial charge in [-0.25, -0.2) is 0 Å². The van der Waals surface area contributed by atoms with Crippen molar-refractivity contribution >= 4 is 5.69 Å². The third-order valence-corrected chi connectivity index (χ3v) is 3.18. The standard InChI is InChI=1S/C12H15F3N2/c13-12(14,15)10-5-1-4-9(11(10)16)8-3-2-6-17-7-8/h1,4-5,8,17H,2-3,6-7,16H2. The van der Waals surface area contributed by atoms with Gasteiger partial charge in [-0.05, 0) is 36.9 Å². The summed E-state index contributed by atoms with van der Waals surface area (Å²) in [6.45, 7) is 1.63. The first-order chi connectivity index (χ1) is 8.00. The van der Waals surface area contributed by atoms with Gasteiger partial charge in [0.1, 0.15) is 0 Å². The van der Waals surface area contributed by atoms with Crippen LogP contribution in [0.5, 0.6) is 0 Å². The minimum atomic E-state index is -4.37. The molecule has 0 bridgehead atoms. The molecule has 0 aliphatic carbocycles. The molecule has 0 spiro atoms. The molecule has 2 rings (SSSR count). The van der Waals surface area contributed by atoms with Crippen molar-refractivity contribution in [2.45, 2.75) is 24.9 Å². The first-order valence-electron chi connectivity index (χ1n) is 5.66. The lowest BCUT2D eigenvalue weighted by Crippen LogP contribution is -2.29. The van der Waals surface area contributed by atoms with Crippen LogP contribution in [-0.4, -0.2) is 13.1 Å². The van der Waals surface area contributed by atoms with Crippen LogP contribution in [0.25, 0.3) is 0 Å². The molecule has 1 aromatic rings. The number of rotatable bonds is 1. The van der Waals surface area contributed by atoms with Crippen LogP contribution in [0.1, 0.15) is 29.9 Å². The molecule has 94 valence electrons. The molecule has 17 heavy (non-hydrogen) atoms. The zero-order valence-corrected chi connectivity index (χ0v) is 9.35. The van der Waals surface area contributed by atoms with Crippen molar-refractivity contribution in [3.63, 3.8) is 0 Å². The second-order valence-corrected chi connectivity index (χ2v) is 4.35. The summed E-state index contributed by atoms with van der Waals surface area (Å²) in [5.41, 5.74) is 5.43. The monoisotopic (exact) mass is 244 g/mol. The summed E-state index contributed by atoms with van der Waals surface area (Å²) < 4.78 is 38.1. The largest absolute Gasteiger partial charge is 0.418 e. The fourth-order valence-electron chi connectivity index (χ4n) is 2.30. The highest BCUT2D eigenvalue weighted by molar-refractivity contribution is 5.56. The lowest BCUT2D eigenvalue weighted by atomic mass is 9.89. The van der Waals surface area contributed by atoms with E-state index in [2.05, 4.69) is 5.32 Å². The van der Waals surface area contributed by atoms with Crippen LogP contribution in [-0.2, 0) is 6.18 Å². The maximum Gasteiger partial charge on any atom is 0.418 e. The molecule has 3 N–H and O–H groups in total. The summed E-state index contributed by atoms with van der Waals surface area (Å²) in [5.74, 6) is 0.0889. The molecular formula is C12H15F3N2.